The number of rotatable bonds is 3. The van der Waals surface area contributed by atoms with Gasteiger partial charge in [0.25, 0.3) is 0 Å². The number of hydrogen-bond donors (Lipinski definition) is 0. The van der Waals surface area contributed by atoms with Gasteiger partial charge < -0.3 is 4.90 Å². The molecule has 5 nitrogen and oxygen atoms in total. The highest BCUT2D eigenvalue weighted by atomic mass is 19.4. The van der Waals surface area contributed by atoms with Gasteiger partial charge in [0.05, 0.1) is 11.9 Å². The maximum absolute atomic E-state index is 13.0. The molecule has 1 saturated heterocycles. The van der Waals surface area contributed by atoms with Crippen LogP contribution in [0.2, 0.25) is 0 Å². The minimum absolute atomic E-state index is 0.0114. The Balaban J connectivity index is 1.68. The fourth-order valence-corrected chi connectivity index (χ4v) is 3.23. The van der Waals surface area contributed by atoms with Crippen LogP contribution in [0.3, 0.4) is 0 Å². The van der Waals surface area contributed by atoms with E-state index in [0.29, 0.717) is 23.5 Å². The summed E-state index contributed by atoms with van der Waals surface area (Å²) in [7, 11) is 1.05. The van der Waals surface area contributed by atoms with Gasteiger partial charge in [-0.1, -0.05) is 36.9 Å². The summed E-state index contributed by atoms with van der Waals surface area (Å²) in [4.78, 5) is 17.3. The van der Waals surface area contributed by atoms with Crippen molar-refractivity contribution in [2.45, 2.75) is 18.5 Å². The summed E-state index contributed by atoms with van der Waals surface area (Å²) in [5.41, 5.74) is 1.77. The molecule has 0 aromatic heterocycles. The molecule has 0 bridgehead atoms. The van der Waals surface area contributed by atoms with Gasteiger partial charge in [-0.25, -0.2) is 5.01 Å². The molecule has 2 aliphatic rings. The van der Waals surface area contributed by atoms with E-state index in [1.807, 2.05) is 30.3 Å². The summed E-state index contributed by atoms with van der Waals surface area (Å²) < 4.78 is 39.0. The van der Waals surface area contributed by atoms with Crippen LogP contribution >= 0.6 is 0 Å². The number of hydrazone groups is 1. The maximum Gasteiger partial charge on any atom is 0.451 e. The average Bonchev–Trinajstić information content (AvgIpc) is 2.98. The van der Waals surface area contributed by atoms with E-state index in [-0.39, 0.29) is 24.1 Å². The standard InChI is InChI=1S/C19H19F3N4O/c1-13-8-14(10-24-26(13)18(23-2)19(20,21)22)11-25-12-16(9-17(25)27)15-6-4-3-5-7-15/h3-8,10,16H,1,9,11-12H2,2H3/b23-18-. The zero-order valence-electron chi connectivity index (χ0n) is 14.8. The Hall–Kier alpha value is -2.90. The van der Waals surface area contributed by atoms with Crippen molar-refractivity contribution < 1.29 is 18.0 Å². The van der Waals surface area contributed by atoms with Crippen LogP contribution < -0.4 is 0 Å². The number of aliphatic imine (C=N–C) groups is 1. The molecule has 3 rings (SSSR count). The van der Waals surface area contributed by atoms with E-state index in [1.54, 1.807) is 4.90 Å². The van der Waals surface area contributed by atoms with E-state index in [2.05, 4.69) is 16.7 Å². The Kier molecular flexibility index (Phi) is 5.16. The van der Waals surface area contributed by atoms with Crippen molar-refractivity contribution in [1.29, 1.82) is 0 Å². The first kappa shape index (κ1) is 18.9. The lowest BCUT2D eigenvalue weighted by Gasteiger charge is -2.26. The largest absolute Gasteiger partial charge is 0.451 e. The molecule has 27 heavy (non-hydrogen) atoms. The SMILES string of the molecule is C=C1C=C(CN2CC(c3ccccc3)CC2=O)C=NN1/C(=N\C)C(F)(F)F. The number of hydrogen-bond acceptors (Lipinski definition) is 3. The molecule has 2 heterocycles. The second-order valence-electron chi connectivity index (χ2n) is 6.40. The molecule has 1 aromatic rings. The second kappa shape index (κ2) is 7.38. The molecule has 142 valence electrons. The third kappa shape index (κ3) is 4.10. The first-order valence-corrected chi connectivity index (χ1v) is 8.40. The lowest BCUT2D eigenvalue weighted by Crippen LogP contribution is -2.38. The molecule has 8 heteroatoms. The minimum Gasteiger partial charge on any atom is -0.338 e. The van der Waals surface area contributed by atoms with Crippen LogP contribution in [-0.2, 0) is 4.79 Å². The van der Waals surface area contributed by atoms with Gasteiger partial charge in [0, 0.05) is 32.5 Å². The molecule has 0 radical (unpaired) electrons. The lowest BCUT2D eigenvalue weighted by atomic mass is 9.98. The molecule has 2 aliphatic heterocycles. The normalized spacial score (nSPS) is 21.1. The van der Waals surface area contributed by atoms with E-state index in [4.69, 9.17) is 0 Å². The summed E-state index contributed by atoms with van der Waals surface area (Å²) in [6, 6.07) is 9.78. The first-order chi connectivity index (χ1) is 12.8. The molecule has 0 N–H and O–H groups in total. The van der Waals surface area contributed by atoms with Crippen LogP contribution in [0.5, 0.6) is 0 Å². The number of carbonyl (C=O) groups is 1. The second-order valence-corrected chi connectivity index (χ2v) is 6.40. The van der Waals surface area contributed by atoms with Gasteiger partial charge in [0.15, 0.2) is 0 Å². The van der Waals surface area contributed by atoms with Gasteiger partial charge in [-0.15, -0.1) is 0 Å². The molecule has 0 saturated carbocycles. The molecule has 1 aromatic carbocycles. The highest BCUT2D eigenvalue weighted by molar-refractivity contribution is 5.93. The topological polar surface area (TPSA) is 48.3 Å². The fraction of sp³-hybridized carbons (Fsp3) is 0.316. The Morgan fingerprint density at radius 1 is 1.33 bits per heavy atom. The number of amidine groups is 1. The first-order valence-electron chi connectivity index (χ1n) is 8.40. The zero-order chi connectivity index (χ0) is 19.6. The van der Waals surface area contributed by atoms with Gasteiger partial charge in [-0.05, 0) is 17.2 Å². The van der Waals surface area contributed by atoms with Crippen molar-refractivity contribution in [3.8, 4) is 0 Å². The van der Waals surface area contributed by atoms with Crippen LogP contribution in [0.4, 0.5) is 13.2 Å². The van der Waals surface area contributed by atoms with Gasteiger partial charge in [0.2, 0.25) is 11.7 Å². The molecule has 1 unspecified atom stereocenters. The lowest BCUT2D eigenvalue weighted by molar-refractivity contribution is -0.127. The van der Waals surface area contributed by atoms with E-state index in [9.17, 15) is 18.0 Å². The summed E-state index contributed by atoms with van der Waals surface area (Å²) >= 11 is 0. The molecule has 0 spiro atoms. The predicted octanol–water partition coefficient (Wildman–Crippen LogP) is 3.33. The summed E-state index contributed by atoms with van der Waals surface area (Å²) in [5, 5.41) is 4.48. The van der Waals surface area contributed by atoms with Gasteiger partial charge in [-0.3, -0.25) is 9.79 Å². The number of carbonyl (C=O) groups excluding carboxylic acids is 1. The number of halogens is 3. The van der Waals surface area contributed by atoms with Crippen molar-refractivity contribution in [3.05, 3.63) is 59.8 Å². The molecule has 0 aliphatic carbocycles. The van der Waals surface area contributed by atoms with E-state index in [0.717, 1.165) is 12.6 Å². The minimum atomic E-state index is -4.63. The van der Waals surface area contributed by atoms with Crippen LogP contribution in [0.1, 0.15) is 17.9 Å². The van der Waals surface area contributed by atoms with E-state index in [1.165, 1.54) is 12.3 Å². The van der Waals surface area contributed by atoms with Crippen LogP contribution in [0.25, 0.3) is 0 Å². The highest BCUT2D eigenvalue weighted by Gasteiger charge is 2.41. The Morgan fingerprint density at radius 3 is 2.63 bits per heavy atom. The molecular formula is C19H19F3N4O. The zero-order valence-corrected chi connectivity index (χ0v) is 14.8. The predicted molar refractivity (Wildman–Crippen MR) is 97.3 cm³/mol. The van der Waals surface area contributed by atoms with Gasteiger partial charge in [0.1, 0.15) is 0 Å². The number of amides is 1. The quantitative estimate of drug-likeness (QED) is 0.600. The van der Waals surface area contributed by atoms with E-state index < -0.39 is 12.0 Å². The highest BCUT2D eigenvalue weighted by Crippen LogP contribution is 2.29. The van der Waals surface area contributed by atoms with Crippen LogP contribution in [-0.4, -0.2) is 54.2 Å². The van der Waals surface area contributed by atoms with Crippen LogP contribution in [0, 0.1) is 0 Å². The van der Waals surface area contributed by atoms with Gasteiger partial charge >= 0.3 is 6.18 Å². The number of allylic oxidation sites excluding steroid dienone is 1. The third-order valence-corrected chi connectivity index (χ3v) is 4.49. The third-order valence-electron chi connectivity index (χ3n) is 4.49. The van der Waals surface area contributed by atoms with Gasteiger partial charge in [-0.2, -0.15) is 18.3 Å². The fourth-order valence-electron chi connectivity index (χ4n) is 3.23. The average molecular weight is 376 g/mol. The maximum atomic E-state index is 13.0. The Labute approximate surface area is 155 Å². The number of likely N-dealkylation sites (tertiary alicyclic amines) is 1. The molecule has 1 fully saturated rings. The number of alkyl halides is 3. The van der Waals surface area contributed by atoms with Crippen molar-refractivity contribution >= 4 is 18.0 Å². The molecular weight excluding hydrogens is 357 g/mol. The van der Waals surface area contributed by atoms with Crippen LogP contribution in [0.15, 0.2) is 64.4 Å². The number of nitrogens with zero attached hydrogens (tertiary/aromatic N) is 4. The molecule has 1 amide bonds. The summed E-state index contributed by atoms with van der Waals surface area (Å²) in [6.07, 6.45) is -1.40. The van der Waals surface area contributed by atoms with Crippen molar-refractivity contribution in [2.75, 3.05) is 20.1 Å². The van der Waals surface area contributed by atoms with Crippen molar-refractivity contribution in [2.24, 2.45) is 10.1 Å². The summed E-state index contributed by atoms with van der Waals surface area (Å²) in [5.74, 6) is -1.01. The monoisotopic (exact) mass is 376 g/mol. The Morgan fingerprint density at radius 2 is 2.04 bits per heavy atom. The van der Waals surface area contributed by atoms with Crippen molar-refractivity contribution in [3.63, 3.8) is 0 Å². The molecule has 1 atom stereocenters. The number of benzene rings is 1. The van der Waals surface area contributed by atoms with E-state index >= 15 is 0 Å². The van der Waals surface area contributed by atoms with Crippen molar-refractivity contribution in [1.82, 2.24) is 9.91 Å². The smallest absolute Gasteiger partial charge is 0.338 e. The Bertz CT molecular complexity index is 827. The summed E-state index contributed by atoms with van der Waals surface area (Å²) in [6.45, 7) is 4.48.